The summed E-state index contributed by atoms with van der Waals surface area (Å²) < 4.78 is 5.64. The first-order chi connectivity index (χ1) is 8.16. The molecular weight excluding hydrogens is 210 g/mol. The third kappa shape index (κ3) is 3.45. The minimum absolute atomic E-state index is 0.164. The third-order valence-corrected chi connectivity index (χ3v) is 2.22. The summed E-state index contributed by atoms with van der Waals surface area (Å²) in [5.41, 5.74) is 2.07. The van der Waals surface area contributed by atoms with Crippen molar-refractivity contribution in [3.05, 3.63) is 35.9 Å². The second-order valence-electron chi connectivity index (χ2n) is 3.97. The summed E-state index contributed by atoms with van der Waals surface area (Å²) in [6.07, 6.45) is 0.164. The van der Waals surface area contributed by atoms with Gasteiger partial charge in [0.2, 0.25) is 5.88 Å². The van der Waals surface area contributed by atoms with Gasteiger partial charge in [0.15, 0.2) is 0 Å². The fraction of sp³-hybridized carbons (Fsp3) is 0.400. The molecule has 1 aromatic heterocycles. The predicted molar refractivity (Wildman–Crippen MR) is 73.6 cm³/mol. The molecule has 1 heterocycles. The van der Waals surface area contributed by atoms with E-state index in [0.29, 0.717) is 0 Å². The number of hydrogen-bond acceptors (Lipinski definition) is 2. The van der Waals surface area contributed by atoms with Gasteiger partial charge in [-0.3, -0.25) is 0 Å². The zero-order chi connectivity index (χ0) is 12.8. The number of pyridine rings is 1. The summed E-state index contributed by atoms with van der Waals surface area (Å²) in [6, 6.07) is 10.2. The average Bonchev–Trinajstić information content (AvgIpc) is 2.32. The molecule has 2 heteroatoms. The molecule has 0 saturated carbocycles. The van der Waals surface area contributed by atoms with Gasteiger partial charge in [-0.05, 0) is 32.9 Å². The van der Waals surface area contributed by atoms with Gasteiger partial charge < -0.3 is 4.74 Å². The van der Waals surface area contributed by atoms with E-state index >= 15 is 0 Å². The highest BCUT2D eigenvalue weighted by Gasteiger charge is 2.05. The van der Waals surface area contributed by atoms with Gasteiger partial charge in [-0.2, -0.15) is 0 Å². The van der Waals surface area contributed by atoms with E-state index in [0.717, 1.165) is 22.3 Å². The molecule has 0 fully saturated rings. The first-order valence-corrected chi connectivity index (χ1v) is 6.20. The molecule has 2 nitrogen and oxygen atoms in total. The van der Waals surface area contributed by atoms with Crippen molar-refractivity contribution >= 4 is 10.9 Å². The molecule has 0 aliphatic heterocycles. The lowest BCUT2D eigenvalue weighted by molar-refractivity contribution is 0.232. The van der Waals surface area contributed by atoms with Crippen LogP contribution < -0.4 is 4.74 Å². The Morgan fingerprint density at radius 1 is 1.12 bits per heavy atom. The Bertz CT molecular complexity index is 477. The van der Waals surface area contributed by atoms with E-state index in [1.54, 1.807) is 0 Å². The maximum absolute atomic E-state index is 5.64. The van der Waals surface area contributed by atoms with E-state index in [1.807, 2.05) is 52.8 Å². The van der Waals surface area contributed by atoms with Crippen LogP contribution in [0.4, 0.5) is 0 Å². The summed E-state index contributed by atoms with van der Waals surface area (Å²) in [5.74, 6) is 0.740. The fourth-order valence-corrected chi connectivity index (χ4v) is 1.55. The maximum Gasteiger partial charge on any atom is 0.217 e. The van der Waals surface area contributed by atoms with Crippen molar-refractivity contribution in [3.63, 3.8) is 0 Å². The summed E-state index contributed by atoms with van der Waals surface area (Å²) in [4.78, 5) is 4.49. The van der Waals surface area contributed by atoms with Crippen LogP contribution in [0.25, 0.3) is 10.9 Å². The number of rotatable bonds is 2. The quantitative estimate of drug-likeness (QED) is 0.766. The highest BCUT2D eigenvalue weighted by atomic mass is 16.5. The Kier molecular flexibility index (Phi) is 4.95. The van der Waals surface area contributed by atoms with Crippen LogP contribution in [-0.2, 0) is 0 Å². The van der Waals surface area contributed by atoms with Gasteiger partial charge in [-0.15, -0.1) is 0 Å². The molecule has 0 N–H and O–H groups in total. The molecule has 0 spiro atoms. The van der Waals surface area contributed by atoms with Crippen molar-refractivity contribution in [1.82, 2.24) is 4.98 Å². The highest BCUT2D eigenvalue weighted by Crippen LogP contribution is 2.21. The Hall–Kier alpha value is -1.57. The van der Waals surface area contributed by atoms with Gasteiger partial charge in [0.1, 0.15) is 0 Å². The van der Waals surface area contributed by atoms with E-state index in [-0.39, 0.29) is 6.10 Å². The molecule has 2 rings (SSSR count). The predicted octanol–water partition coefficient (Wildman–Crippen LogP) is 4.36. The molecule has 0 aliphatic rings. The van der Waals surface area contributed by atoms with Crippen LogP contribution in [0.3, 0.4) is 0 Å². The molecule has 0 unspecified atom stereocenters. The molecule has 0 atom stereocenters. The number of aromatic nitrogens is 1. The van der Waals surface area contributed by atoms with Gasteiger partial charge in [-0.1, -0.05) is 32.0 Å². The van der Waals surface area contributed by atoms with Crippen molar-refractivity contribution in [2.24, 2.45) is 0 Å². The number of aryl methyl sites for hydroxylation is 1. The van der Waals surface area contributed by atoms with Crippen molar-refractivity contribution in [1.29, 1.82) is 0 Å². The molecule has 0 radical (unpaired) electrons. The zero-order valence-corrected chi connectivity index (χ0v) is 11.3. The van der Waals surface area contributed by atoms with Crippen LogP contribution in [0, 0.1) is 6.92 Å². The molecule has 2 aromatic rings. The summed E-state index contributed by atoms with van der Waals surface area (Å²) in [5, 5.41) is 1.16. The van der Waals surface area contributed by atoms with Gasteiger partial charge in [0, 0.05) is 10.9 Å². The van der Waals surface area contributed by atoms with Crippen molar-refractivity contribution in [2.45, 2.75) is 40.7 Å². The second-order valence-corrected chi connectivity index (χ2v) is 3.97. The zero-order valence-electron chi connectivity index (χ0n) is 11.3. The molecule has 0 bridgehead atoms. The number of fused-ring (bicyclic) bond motifs is 1. The Morgan fingerprint density at radius 3 is 2.41 bits per heavy atom. The van der Waals surface area contributed by atoms with Gasteiger partial charge in [-0.25, -0.2) is 4.98 Å². The summed E-state index contributed by atoms with van der Waals surface area (Å²) in [7, 11) is 0. The number of ether oxygens (including phenoxy) is 1. The molecule has 0 amide bonds. The second kappa shape index (κ2) is 6.24. The van der Waals surface area contributed by atoms with E-state index in [4.69, 9.17) is 4.74 Å². The van der Waals surface area contributed by atoms with E-state index in [9.17, 15) is 0 Å². The lowest BCUT2D eigenvalue weighted by Crippen LogP contribution is -2.08. The van der Waals surface area contributed by atoms with E-state index in [2.05, 4.69) is 17.1 Å². The Balaban J connectivity index is 0.000000686. The van der Waals surface area contributed by atoms with Gasteiger partial charge in [0.25, 0.3) is 0 Å². The van der Waals surface area contributed by atoms with Gasteiger partial charge in [0.05, 0.1) is 11.6 Å². The number of para-hydroxylation sites is 1. The summed E-state index contributed by atoms with van der Waals surface area (Å²) in [6.45, 7) is 10.0. The Morgan fingerprint density at radius 2 is 1.76 bits per heavy atom. The lowest BCUT2D eigenvalue weighted by Gasteiger charge is -2.11. The first-order valence-electron chi connectivity index (χ1n) is 6.20. The number of hydrogen-bond donors (Lipinski definition) is 0. The van der Waals surface area contributed by atoms with E-state index in [1.165, 1.54) is 0 Å². The lowest BCUT2D eigenvalue weighted by atomic mass is 10.2. The third-order valence-electron chi connectivity index (χ3n) is 2.22. The molecular formula is C15H21NO. The molecule has 1 aromatic carbocycles. The van der Waals surface area contributed by atoms with Crippen LogP contribution in [0.15, 0.2) is 30.3 Å². The minimum atomic E-state index is 0.164. The minimum Gasteiger partial charge on any atom is -0.475 e. The molecule has 17 heavy (non-hydrogen) atoms. The average molecular weight is 231 g/mol. The van der Waals surface area contributed by atoms with Gasteiger partial charge >= 0.3 is 0 Å². The van der Waals surface area contributed by atoms with Crippen LogP contribution in [0.5, 0.6) is 5.88 Å². The van der Waals surface area contributed by atoms with Crippen molar-refractivity contribution in [3.8, 4) is 5.88 Å². The topological polar surface area (TPSA) is 22.1 Å². The van der Waals surface area contributed by atoms with Crippen LogP contribution >= 0.6 is 0 Å². The van der Waals surface area contributed by atoms with Crippen molar-refractivity contribution < 1.29 is 4.74 Å². The highest BCUT2D eigenvalue weighted by molar-refractivity contribution is 5.79. The first kappa shape index (κ1) is 13.5. The Labute approximate surface area is 104 Å². The fourth-order valence-electron chi connectivity index (χ4n) is 1.55. The number of nitrogens with zero attached hydrogens (tertiary/aromatic N) is 1. The van der Waals surface area contributed by atoms with Crippen LogP contribution in [0.1, 0.15) is 33.3 Å². The summed E-state index contributed by atoms with van der Waals surface area (Å²) >= 11 is 0. The van der Waals surface area contributed by atoms with E-state index < -0.39 is 0 Å². The molecule has 0 aliphatic carbocycles. The number of benzene rings is 1. The largest absolute Gasteiger partial charge is 0.475 e. The van der Waals surface area contributed by atoms with Crippen LogP contribution in [0.2, 0.25) is 0 Å². The standard InChI is InChI=1S/C13H15NO.C2H6/c1-9(2)15-13-10(3)8-11-6-4-5-7-12(11)14-13;1-2/h4-9H,1-3H3;1-2H3. The smallest absolute Gasteiger partial charge is 0.217 e. The maximum atomic E-state index is 5.64. The SMILES string of the molecule is CC.Cc1cc2ccccc2nc1OC(C)C. The van der Waals surface area contributed by atoms with Crippen LogP contribution in [-0.4, -0.2) is 11.1 Å². The normalized spacial score (nSPS) is 10.0. The monoisotopic (exact) mass is 231 g/mol. The molecule has 0 saturated heterocycles. The van der Waals surface area contributed by atoms with Crippen molar-refractivity contribution in [2.75, 3.05) is 0 Å². The molecule has 92 valence electrons.